The minimum absolute atomic E-state index is 0.201. The van der Waals surface area contributed by atoms with Crippen molar-refractivity contribution in [3.63, 3.8) is 0 Å². The van der Waals surface area contributed by atoms with Crippen molar-refractivity contribution >= 4 is 5.97 Å². The first-order chi connectivity index (χ1) is 23.2. The summed E-state index contributed by atoms with van der Waals surface area (Å²) >= 11 is 0. The van der Waals surface area contributed by atoms with Crippen LogP contribution in [0.2, 0.25) is 0 Å². The smallest absolute Gasteiger partial charge is 0.311 e. The highest BCUT2D eigenvalue weighted by molar-refractivity contribution is 5.73. The van der Waals surface area contributed by atoms with Gasteiger partial charge in [-0.1, -0.05) is 27.7 Å². The first-order valence-electron chi connectivity index (χ1n) is 18.7. The number of methoxy groups -OCH3 is 1. The summed E-state index contributed by atoms with van der Waals surface area (Å²) in [5, 5.41) is 34.1. The van der Waals surface area contributed by atoms with Gasteiger partial charge in [0.2, 0.25) is 5.79 Å². The molecular formula is C37H65NO12. The molecule has 13 heteroatoms. The zero-order valence-electron chi connectivity index (χ0n) is 32.5. The van der Waals surface area contributed by atoms with Crippen LogP contribution in [0.1, 0.15) is 94.9 Å². The van der Waals surface area contributed by atoms with Crippen LogP contribution in [0.5, 0.6) is 0 Å². The number of hydrogen-bond donors (Lipinski definition) is 3. The third-order valence-electron chi connectivity index (χ3n) is 12.8. The van der Waals surface area contributed by atoms with Gasteiger partial charge in [0.15, 0.2) is 12.6 Å². The number of aliphatic hydroxyl groups is 3. The first-order valence-corrected chi connectivity index (χ1v) is 18.7. The van der Waals surface area contributed by atoms with Crippen molar-refractivity contribution in [1.82, 2.24) is 4.90 Å². The Morgan fingerprint density at radius 3 is 2.18 bits per heavy atom. The van der Waals surface area contributed by atoms with Crippen LogP contribution in [0.3, 0.4) is 0 Å². The molecule has 0 aromatic carbocycles. The van der Waals surface area contributed by atoms with Crippen molar-refractivity contribution in [1.29, 1.82) is 0 Å². The van der Waals surface area contributed by atoms with E-state index in [1.807, 2.05) is 74.4 Å². The zero-order chi connectivity index (χ0) is 37.3. The van der Waals surface area contributed by atoms with Gasteiger partial charge >= 0.3 is 5.97 Å². The highest BCUT2D eigenvalue weighted by Crippen LogP contribution is 2.67. The summed E-state index contributed by atoms with van der Waals surface area (Å²) in [6, 6.07) is -0.221. The summed E-state index contributed by atoms with van der Waals surface area (Å²) in [7, 11) is 5.39. The van der Waals surface area contributed by atoms with Gasteiger partial charge in [0.05, 0.1) is 48.1 Å². The Kier molecular flexibility index (Phi) is 11.5. The minimum Gasteiger partial charge on any atom is -0.462 e. The molecule has 5 aliphatic heterocycles. The fraction of sp³-hybridized carbons (Fsp3) is 0.973. The predicted molar refractivity (Wildman–Crippen MR) is 182 cm³/mol. The van der Waals surface area contributed by atoms with Gasteiger partial charge in [0.25, 0.3) is 0 Å². The van der Waals surface area contributed by atoms with Crippen LogP contribution in [0.4, 0.5) is 0 Å². The molecule has 19 atom stereocenters. The van der Waals surface area contributed by atoms with Gasteiger partial charge in [-0.25, -0.2) is 0 Å². The first kappa shape index (κ1) is 40.2. The fourth-order valence-electron chi connectivity index (χ4n) is 9.43. The summed E-state index contributed by atoms with van der Waals surface area (Å²) in [6.07, 6.45) is -5.88. The van der Waals surface area contributed by atoms with Crippen molar-refractivity contribution < 1.29 is 58.0 Å². The highest BCUT2D eigenvalue weighted by Gasteiger charge is 2.81. The predicted octanol–water partition coefficient (Wildman–Crippen LogP) is 2.99. The van der Waals surface area contributed by atoms with Gasteiger partial charge in [-0.05, 0) is 68.5 Å². The maximum Gasteiger partial charge on any atom is 0.311 e. The maximum atomic E-state index is 14.2. The number of aliphatic hydroxyl groups excluding tert-OH is 3. The topological polar surface area (TPSA) is 158 Å². The number of hydrogen-bond acceptors (Lipinski definition) is 13. The average Bonchev–Trinajstić information content (AvgIpc) is 3.54. The van der Waals surface area contributed by atoms with Crippen molar-refractivity contribution in [3.05, 3.63) is 0 Å². The van der Waals surface area contributed by atoms with E-state index < -0.39 is 108 Å². The van der Waals surface area contributed by atoms with Crippen LogP contribution in [0.15, 0.2) is 0 Å². The van der Waals surface area contributed by atoms with Gasteiger partial charge in [-0.15, -0.1) is 0 Å². The Balaban J connectivity index is 1.62. The Morgan fingerprint density at radius 2 is 1.58 bits per heavy atom. The lowest BCUT2D eigenvalue weighted by atomic mass is 9.77. The van der Waals surface area contributed by atoms with E-state index in [1.54, 1.807) is 21.0 Å². The standard InChI is InChI=1S/C37H65NO12/c1-14-26-19(3)27(40)22(6)37-36(10,50-37)17-35(9,49-37)30(48-32-28(41)24(38(11)12)15-18(2)44-32)20(4)29(21(5)31(42)46-26)47-33-34(8,43-13)16-25(39)23(7)45-33/h18-30,32-33,39-41H,14-17H2,1-13H3. The summed E-state index contributed by atoms with van der Waals surface area (Å²) in [5.41, 5.74) is -2.80. The number of ether oxygens (including phenoxy) is 8. The van der Waals surface area contributed by atoms with E-state index in [-0.39, 0.29) is 18.6 Å². The molecular weight excluding hydrogens is 650 g/mol. The number of cyclic esters (lactones) is 1. The number of esters is 1. The lowest BCUT2D eigenvalue weighted by Gasteiger charge is -2.49. The molecule has 0 aromatic rings. The second-order valence-corrected chi connectivity index (χ2v) is 17.0. The molecule has 5 heterocycles. The van der Waals surface area contributed by atoms with E-state index in [2.05, 4.69) is 0 Å². The Bertz CT molecular complexity index is 1210. The molecule has 5 saturated heterocycles. The Labute approximate surface area is 298 Å². The van der Waals surface area contributed by atoms with Crippen molar-refractivity contribution in [2.24, 2.45) is 23.7 Å². The van der Waals surface area contributed by atoms with Gasteiger partial charge in [0.1, 0.15) is 23.4 Å². The SMILES string of the molecule is CCC1OC(=O)C(C)C(OC2OC(C)C(O)CC2(C)OC)C(C)C(OC2OC(C)CC(N(C)C)C2O)C2(C)CC3(C)OC3(O2)C(C)C(O)C1C. The number of carbonyl (C=O) groups excluding carboxylic acids is 1. The summed E-state index contributed by atoms with van der Waals surface area (Å²) in [5.74, 6) is -3.93. The number of likely N-dealkylation sites (N-methyl/N-ethyl adjacent to an activating group) is 1. The van der Waals surface area contributed by atoms with Gasteiger partial charge < -0.3 is 58.1 Å². The number of rotatable bonds is 7. The molecule has 0 aliphatic carbocycles. The van der Waals surface area contributed by atoms with Crippen LogP contribution >= 0.6 is 0 Å². The number of epoxide rings is 1. The maximum absolute atomic E-state index is 14.2. The van der Waals surface area contributed by atoms with E-state index in [0.29, 0.717) is 19.3 Å². The Hall–Kier alpha value is -0.970. The normalized spacial score (nSPS) is 54.7. The molecule has 1 spiro atoms. The lowest BCUT2D eigenvalue weighted by molar-refractivity contribution is -0.338. The fourth-order valence-corrected chi connectivity index (χ4v) is 9.43. The molecule has 50 heavy (non-hydrogen) atoms. The molecule has 3 N–H and O–H groups in total. The zero-order valence-corrected chi connectivity index (χ0v) is 32.5. The van der Waals surface area contributed by atoms with Gasteiger partial charge in [-0.2, -0.15) is 0 Å². The summed E-state index contributed by atoms with van der Waals surface area (Å²) in [6.45, 7) is 18.9. The van der Waals surface area contributed by atoms with Crippen LogP contribution in [-0.4, -0.2) is 137 Å². The molecule has 5 fully saturated rings. The molecule has 2 bridgehead atoms. The number of nitrogens with zero attached hydrogens (tertiary/aromatic N) is 1. The van der Waals surface area contributed by atoms with Crippen molar-refractivity contribution in [2.45, 2.75) is 185 Å². The van der Waals surface area contributed by atoms with E-state index in [4.69, 9.17) is 37.9 Å². The molecule has 5 rings (SSSR count). The summed E-state index contributed by atoms with van der Waals surface area (Å²) in [4.78, 5) is 16.1. The monoisotopic (exact) mass is 715 g/mol. The lowest BCUT2D eigenvalue weighted by Crippen LogP contribution is -2.61. The number of fused-ring (bicyclic) bond motifs is 1. The summed E-state index contributed by atoms with van der Waals surface area (Å²) < 4.78 is 51.9. The molecule has 0 radical (unpaired) electrons. The van der Waals surface area contributed by atoms with Crippen LogP contribution < -0.4 is 0 Å². The van der Waals surface area contributed by atoms with Crippen molar-refractivity contribution in [3.8, 4) is 0 Å². The third kappa shape index (κ3) is 6.92. The van der Waals surface area contributed by atoms with Crippen LogP contribution in [0.25, 0.3) is 0 Å². The molecule has 13 nitrogen and oxygen atoms in total. The van der Waals surface area contributed by atoms with E-state index in [0.717, 1.165) is 0 Å². The minimum atomic E-state index is -1.12. The van der Waals surface area contributed by atoms with E-state index in [9.17, 15) is 20.1 Å². The molecule has 5 aliphatic rings. The van der Waals surface area contributed by atoms with E-state index >= 15 is 0 Å². The van der Waals surface area contributed by atoms with Gasteiger partial charge in [0, 0.05) is 43.7 Å². The highest BCUT2D eigenvalue weighted by atomic mass is 16.8. The quantitative estimate of drug-likeness (QED) is 0.261. The third-order valence-corrected chi connectivity index (χ3v) is 12.8. The second kappa shape index (κ2) is 14.4. The average molecular weight is 716 g/mol. The molecule has 0 amide bonds. The second-order valence-electron chi connectivity index (χ2n) is 17.0. The molecule has 19 unspecified atom stereocenters. The van der Waals surface area contributed by atoms with Crippen LogP contribution in [-0.2, 0) is 42.7 Å². The Morgan fingerprint density at radius 1 is 0.920 bits per heavy atom. The number of carbonyl (C=O) groups is 1. The largest absolute Gasteiger partial charge is 0.462 e. The molecule has 0 saturated carbocycles. The molecule has 290 valence electrons. The van der Waals surface area contributed by atoms with Crippen LogP contribution in [0, 0.1) is 23.7 Å². The van der Waals surface area contributed by atoms with E-state index in [1.165, 1.54) is 0 Å². The van der Waals surface area contributed by atoms with Gasteiger partial charge in [-0.3, -0.25) is 4.79 Å². The molecule has 0 aromatic heterocycles. The van der Waals surface area contributed by atoms with Crippen molar-refractivity contribution in [2.75, 3.05) is 21.2 Å².